The largest absolute Gasteiger partial charge is 0.452 e. The fourth-order valence-corrected chi connectivity index (χ4v) is 2.37. The number of aromatic nitrogens is 1. The van der Waals surface area contributed by atoms with Gasteiger partial charge >= 0.3 is 5.97 Å². The number of rotatable bonds is 6. The molecule has 0 bridgehead atoms. The van der Waals surface area contributed by atoms with Gasteiger partial charge in [0.15, 0.2) is 11.7 Å². The summed E-state index contributed by atoms with van der Waals surface area (Å²) in [6.45, 7) is 1.51. The molecule has 0 aliphatic heterocycles. The van der Waals surface area contributed by atoms with Crippen molar-refractivity contribution in [2.45, 2.75) is 13.3 Å². The van der Waals surface area contributed by atoms with Crippen LogP contribution in [0.15, 0.2) is 41.8 Å². The molecule has 0 unspecified atom stereocenters. The highest BCUT2D eigenvalue weighted by Gasteiger charge is 2.09. The van der Waals surface area contributed by atoms with E-state index in [1.54, 1.807) is 23.6 Å². The SMILES string of the molecule is CC/C=C/C(=O)OCC(=O)Nc1nc(-c2ccc(F)cc2)cs1. The van der Waals surface area contributed by atoms with Gasteiger partial charge in [-0.3, -0.25) is 10.1 Å². The molecule has 0 saturated carbocycles. The minimum Gasteiger partial charge on any atom is -0.452 e. The first kappa shape index (κ1) is 16.8. The Hall–Kier alpha value is -2.54. The number of carbonyl (C=O) groups is 2. The van der Waals surface area contributed by atoms with Gasteiger partial charge in [-0.05, 0) is 30.7 Å². The van der Waals surface area contributed by atoms with Gasteiger partial charge in [0.1, 0.15) is 5.82 Å². The molecule has 120 valence electrons. The van der Waals surface area contributed by atoms with Crippen molar-refractivity contribution in [3.63, 3.8) is 0 Å². The highest BCUT2D eigenvalue weighted by Crippen LogP contribution is 2.24. The van der Waals surface area contributed by atoms with Gasteiger partial charge in [-0.1, -0.05) is 13.0 Å². The number of hydrogen-bond acceptors (Lipinski definition) is 5. The van der Waals surface area contributed by atoms with Gasteiger partial charge in [-0.15, -0.1) is 11.3 Å². The van der Waals surface area contributed by atoms with E-state index < -0.39 is 11.9 Å². The smallest absolute Gasteiger partial charge is 0.330 e. The molecule has 2 rings (SSSR count). The normalized spacial score (nSPS) is 10.7. The molecule has 0 radical (unpaired) electrons. The average molecular weight is 334 g/mol. The number of amides is 1. The first-order valence-corrected chi connectivity index (χ1v) is 7.81. The van der Waals surface area contributed by atoms with Crippen LogP contribution in [0.25, 0.3) is 11.3 Å². The molecular formula is C16H15FN2O3S. The minimum atomic E-state index is -0.562. The third-order valence-electron chi connectivity index (χ3n) is 2.73. The van der Waals surface area contributed by atoms with Crippen LogP contribution in [0.5, 0.6) is 0 Å². The Labute approximate surface area is 136 Å². The summed E-state index contributed by atoms with van der Waals surface area (Å²) in [5, 5.41) is 4.68. The summed E-state index contributed by atoms with van der Waals surface area (Å²) in [6.07, 6.45) is 3.64. The van der Waals surface area contributed by atoms with Crippen LogP contribution in [0.3, 0.4) is 0 Å². The average Bonchev–Trinajstić information content (AvgIpc) is 3.00. The van der Waals surface area contributed by atoms with Crippen LogP contribution in [0.2, 0.25) is 0 Å². The fraction of sp³-hybridized carbons (Fsp3) is 0.188. The van der Waals surface area contributed by atoms with Gasteiger partial charge < -0.3 is 4.74 Å². The van der Waals surface area contributed by atoms with Crippen molar-refractivity contribution < 1.29 is 18.7 Å². The number of halogens is 1. The van der Waals surface area contributed by atoms with E-state index in [-0.39, 0.29) is 12.4 Å². The van der Waals surface area contributed by atoms with Crippen LogP contribution in [0, 0.1) is 5.82 Å². The zero-order valence-electron chi connectivity index (χ0n) is 12.4. The molecule has 2 aromatic rings. The Morgan fingerprint density at radius 2 is 2.09 bits per heavy atom. The maximum Gasteiger partial charge on any atom is 0.330 e. The lowest BCUT2D eigenvalue weighted by Gasteiger charge is -2.02. The summed E-state index contributed by atoms with van der Waals surface area (Å²) in [6, 6.07) is 5.90. The third-order valence-corrected chi connectivity index (χ3v) is 3.48. The number of carbonyl (C=O) groups excluding carboxylic acids is 2. The summed E-state index contributed by atoms with van der Waals surface area (Å²) in [4.78, 5) is 27.2. The number of allylic oxidation sites excluding steroid dienone is 1. The zero-order valence-corrected chi connectivity index (χ0v) is 13.2. The molecule has 0 saturated heterocycles. The lowest BCUT2D eigenvalue weighted by Crippen LogP contribution is -2.20. The molecule has 7 heteroatoms. The zero-order chi connectivity index (χ0) is 16.7. The monoisotopic (exact) mass is 334 g/mol. The van der Waals surface area contributed by atoms with E-state index in [0.717, 1.165) is 5.56 Å². The van der Waals surface area contributed by atoms with Crippen LogP contribution in [0.1, 0.15) is 13.3 Å². The van der Waals surface area contributed by atoms with E-state index in [4.69, 9.17) is 4.74 Å². The summed E-state index contributed by atoms with van der Waals surface area (Å²) in [5.74, 6) is -1.35. The number of thiazole rings is 1. The van der Waals surface area contributed by atoms with Gasteiger partial charge in [0.05, 0.1) is 5.69 Å². The molecular weight excluding hydrogens is 319 g/mol. The summed E-state index contributed by atoms with van der Waals surface area (Å²) >= 11 is 1.23. The second kappa shape index (κ2) is 8.19. The standard InChI is InChI=1S/C16H15FN2O3S/c1-2-3-4-15(21)22-9-14(20)19-16-18-13(10-23-16)11-5-7-12(17)8-6-11/h3-8,10H,2,9H2,1H3,(H,18,19,20)/b4-3+. The quantitative estimate of drug-likeness (QED) is 0.649. The Morgan fingerprint density at radius 3 is 2.78 bits per heavy atom. The molecule has 0 atom stereocenters. The van der Waals surface area contributed by atoms with Gasteiger partial charge in [-0.2, -0.15) is 0 Å². The van der Waals surface area contributed by atoms with Crippen molar-refractivity contribution in [1.29, 1.82) is 0 Å². The summed E-state index contributed by atoms with van der Waals surface area (Å²) < 4.78 is 17.7. The first-order chi connectivity index (χ1) is 11.1. The van der Waals surface area contributed by atoms with E-state index in [1.807, 2.05) is 6.92 Å². The molecule has 1 aromatic carbocycles. The van der Waals surface area contributed by atoms with Crippen molar-refractivity contribution in [2.24, 2.45) is 0 Å². The predicted octanol–water partition coefficient (Wildman–Crippen LogP) is 3.40. The highest BCUT2D eigenvalue weighted by atomic mass is 32.1. The Balaban J connectivity index is 1.89. The number of hydrogen-bond donors (Lipinski definition) is 1. The van der Waals surface area contributed by atoms with Crippen molar-refractivity contribution in [3.05, 3.63) is 47.6 Å². The number of anilines is 1. The Kier molecular flexibility index (Phi) is 5.99. The van der Waals surface area contributed by atoms with Crippen LogP contribution in [-0.4, -0.2) is 23.5 Å². The van der Waals surface area contributed by atoms with Gasteiger partial charge in [0, 0.05) is 17.0 Å². The Bertz CT molecular complexity index is 710. The van der Waals surface area contributed by atoms with Crippen molar-refractivity contribution >= 4 is 28.3 Å². The van der Waals surface area contributed by atoms with Crippen LogP contribution in [-0.2, 0) is 14.3 Å². The molecule has 1 aromatic heterocycles. The second-order valence-corrected chi connectivity index (χ2v) is 5.37. The molecule has 1 N–H and O–H groups in total. The van der Waals surface area contributed by atoms with E-state index in [1.165, 1.54) is 29.5 Å². The minimum absolute atomic E-state index is 0.323. The summed E-state index contributed by atoms with van der Waals surface area (Å²) in [5.41, 5.74) is 1.38. The molecule has 5 nitrogen and oxygen atoms in total. The molecule has 1 heterocycles. The van der Waals surface area contributed by atoms with Gasteiger partial charge in [0.2, 0.25) is 0 Å². The number of benzene rings is 1. The van der Waals surface area contributed by atoms with Gasteiger partial charge in [0.25, 0.3) is 5.91 Å². The maximum atomic E-state index is 12.9. The number of esters is 1. The van der Waals surface area contributed by atoms with Gasteiger partial charge in [-0.25, -0.2) is 14.2 Å². The predicted molar refractivity (Wildman–Crippen MR) is 86.5 cm³/mol. The van der Waals surface area contributed by atoms with Crippen LogP contribution < -0.4 is 5.32 Å². The van der Waals surface area contributed by atoms with Crippen molar-refractivity contribution in [1.82, 2.24) is 4.98 Å². The number of ether oxygens (including phenoxy) is 1. The maximum absolute atomic E-state index is 12.9. The number of nitrogens with one attached hydrogen (secondary N) is 1. The molecule has 0 aliphatic carbocycles. The van der Waals surface area contributed by atoms with E-state index in [9.17, 15) is 14.0 Å². The molecule has 0 aliphatic rings. The summed E-state index contributed by atoms with van der Waals surface area (Å²) in [7, 11) is 0. The lowest BCUT2D eigenvalue weighted by atomic mass is 10.2. The molecule has 0 spiro atoms. The first-order valence-electron chi connectivity index (χ1n) is 6.93. The fourth-order valence-electron chi connectivity index (χ4n) is 1.64. The van der Waals surface area contributed by atoms with Crippen LogP contribution >= 0.6 is 11.3 Å². The molecule has 0 fully saturated rings. The van der Waals surface area contributed by atoms with E-state index in [2.05, 4.69) is 10.3 Å². The molecule has 23 heavy (non-hydrogen) atoms. The molecule has 1 amide bonds. The van der Waals surface area contributed by atoms with E-state index >= 15 is 0 Å². The van der Waals surface area contributed by atoms with Crippen molar-refractivity contribution in [2.75, 3.05) is 11.9 Å². The lowest BCUT2D eigenvalue weighted by molar-refractivity contribution is -0.142. The van der Waals surface area contributed by atoms with E-state index in [0.29, 0.717) is 17.2 Å². The van der Waals surface area contributed by atoms with Crippen molar-refractivity contribution in [3.8, 4) is 11.3 Å². The second-order valence-electron chi connectivity index (χ2n) is 4.51. The third kappa shape index (κ3) is 5.30. The van der Waals surface area contributed by atoms with Crippen LogP contribution in [0.4, 0.5) is 9.52 Å². The number of nitrogens with zero attached hydrogens (tertiary/aromatic N) is 1. The topological polar surface area (TPSA) is 68.3 Å². The Morgan fingerprint density at radius 1 is 1.35 bits per heavy atom. The highest BCUT2D eigenvalue weighted by molar-refractivity contribution is 7.14.